The van der Waals surface area contributed by atoms with Crippen LogP contribution in [0.25, 0.3) is 0 Å². The Bertz CT molecular complexity index is 812. The van der Waals surface area contributed by atoms with E-state index in [-0.39, 0.29) is 11.7 Å². The zero-order valence-electron chi connectivity index (χ0n) is 13.6. The van der Waals surface area contributed by atoms with Crippen LogP contribution in [0.15, 0.2) is 53.8 Å². The molecule has 2 aromatic carbocycles. The Morgan fingerprint density at radius 1 is 0.957 bits per heavy atom. The predicted molar refractivity (Wildman–Crippen MR) is 90.7 cm³/mol. The molecule has 1 unspecified atom stereocenters. The van der Waals surface area contributed by atoms with Crippen LogP contribution in [0.4, 0.5) is 0 Å². The highest BCUT2D eigenvalue weighted by atomic mass is 16.5. The largest absolute Gasteiger partial charge is 0.461 e. The van der Waals surface area contributed by atoms with E-state index in [0.717, 1.165) is 35.5 Å². The summed E-state index contributed by atoms with van der Waals surface area (Å²) in [5.41, 5.74) is 5.58. The van der Waals surface area contributed by atoms with Crippen molar-refractivity contribution in [1.82, 2.24) is 0 Å². The second-order valence-electron chi connectivity index (χ2n) is 6.60. The van der Waals surface area contributed by atoms with Gasteiger partial charge >= 0.3 is 0 Å². The summed E-state index contributed by atoms with van der Waals surface area (Å²) in [5.74, 6) is 2.02. The van der Waals surface area contributed by atoms with Crippen LogP contribution in [0.3, 0.4) is 0 Å². The molecule has 0 saturated carbocycles. The van der Waals surface area contributed by atoms with E-state index in [1.54, 1.807) is 0 Å². The number of fused-ring (bicyclic) bond motifs is 1. The van der Waals surface area contributed by atoms with Gasteiger partial charge in [-0.15, -0.1) is 0 Å². The van der Waals surface area contributed by atoms with Crippen LogP contribution >= 0.6 is 0 Å². The molecule has 0 fully saturated rings. The first-order valence-electron chi connectivity index (χ1n) is 8.24. The van der Waals surface area contributed by atoms with Gasteiger partial charge in [0, 0.05) is 29.9 Å². The topological polar surface area (TPSA) is 26.3 Å². The van der Waals surface area contributed by atoms with Gasteiger partial charge in [0.15, 0.2) is 5.78 Å². The molecular weight excluding hydrogens is 284 g/mol. The molecule has 2 heteroatoms. The first-order chi connectivity index (χ1) is 11.1. The van der Waals surface area contributed by atoms with E-state index in [9.17, 15) is 4.79 Å². The summed E-state index contributed by atoms with van der Waals surface area (Å²) in [5, 5.41) is 0. The number of hydrogen-bond acceptors (Lipinski definition) is 2. The summed E-state index contributed by atoms with van der Waals surface area (Å²) < 4.78 is 6.10. The molecule has 1 aliphatic heterocycles. The van der Waals surface area contributed by atoms with Gasteiger partial charge < -0.3 is 4.74 Å². The molecule has 23 heavy (non-hydrogen) atoms. The zero-order chi connectivity index (χ0) is 16.0. The number of aryl methyl sites for hydroxylation is 2. The number of Topliss-reactive ketones (excluding diaryl/α,β-unsaturated/α-hetero) is 1. The highest BCUT2D eigenvalue weighted by Gasteiger charge is 2.36. The molecule has 2 aromatic rings. The number of ether oxygens (including phenoxy) is 1. The Hall–Kier alpha value is -2.35. The molecule has 1 heterocycles. The van der Waals surface area contributed by atoms with E-state index >= 15 is 0 Å². The fourth-order valence-corrected chi connectivity index (χ4v) is 3.64. The molecule has 1 atom stereocenters. The van der Waals surface area contributed by atoms with Gasteiger partial charge in [-0.05, 0) is 31.9 Å². The van der Waals surface area contributed by atoms with Crippen molar-refractivity contribution >= 4 is 5.78 Å². The standard InChI is InChI=1S/C21H20O2/c1-13-6-9-15(10-7-13)20-16-12-14(2)8-11-18(16)23-19-5-3-4-17(22)21(19)20/h6-12,20H,3-5H2,1-2H3. The van der Waals surface area contributed by atoms with Crippen molar-refractivity contribution in [2.75, 3.05) is 0 Å². The van der Waals surface area contributed by atoms with Gasteiger partial charge in [-0.3, -0.25) is 4.79 Å². The SMILES string of the molecule is Cc1ccc(C2C3=C(CCCC3=O)Oc3ccc(C)cc32)cc1. The minimum Gasteiger partial charge on any atom is -0.461 e. The predicted octanol–water partition coefficient (Wildman–Crippen LogP) is 4.83. The van der Waals surface area contributed by atoms with Crippen molar-refractivity contribution in [2.45, 2.75) is 39.0 Å². The molecule has 0 saturated heterocycles. The Kier molecular flexibility index (Phi) is 3.33. The number of carbonyl (C=O) groups is 1. The van der Waals surface area contributed by atoms with Crippen molar-refractivity contribution < 1.29 is 9.53 Å². The van der Waals surface area contributed by atoms with Crippen LogP contribution in [0.2, 0.25) is 0 Å². The van der Waals surface area contributed by atoms with Gasteiger partial charge in [0.25, 0.3) is 0 Å². The molecule has 4 rings (SSSR count). The summed E-state index contributed by atoms with van der Waals surface area (Å²) in [6.45, 7) is 4.17. The first kappa shape index (κ1) is 14.3. The van der Waals surface area contributed by atoms with Crippen molar-refractivity contribution in [3.63, 3.8) is 0 Å². The first-order valence-corrected chi connectivity index (χ1v) is 8.24. The summed E-state index contributed by atoms with van der Waals surface area (Å²) >= 11 is 0. The quantitative estimate of drug-likeness (QED) is 0.754. The lowest BCUT2D eigenvalue weighted by Gasteiger charge is -2.33. The van der Waals surface area contributed by atoms with Gasteiger partial charge in [-0.2, -0.15) is 0 Å². The minimum absolute atomic E-state index is 0.00190. The fraction of sp³-hybridized carbons (Fsp3) is 0.286. The molecule has 0 amide bonds. The third-order valence-corrected chi connectivity index (χ3v) is 4.82. The summed E-state index contributed by atoms with van der Waals surface area (Å²) in [7, 11) is 0. The Morgan fingerprint density at radius 3 is 2.48 bits per heavy atom. The molecule has 2 aliphatic rings. The zero-order valence-corrected chi connectivity index (χ0v) is 13.6. The van der Waals surface area contributed by atoms with Crippen LogP contribution in [-0.4, -0.2) is 5.78 Å². The second-order valence-corrected chi connectivity index (χ2v) is 6.60. The lowest BCUT2D eigenvalue weighted by atomic mass is 9.76. The van der Waals surface area contributed by atoms with Crippen LogP contribution < -0.4 is 4.74 Å². The molecule has 2 nitrogen and oxygen atoms in total. The number of hydrogen-bond donors (Lipinski definition) is 0. The molecular formula is C21H20O2. The Labute approximate surface area is 136 Å². The van der Waals surface area contributed by atoms with Gasteiger partial charge in [0.05, 0.1) is 0 Å². The van der Waals surface area contributed by atoms with E-state index in [2.05, 4.69) is 50.2 Å². The summed E-state index contributed by atoms with van der Waals surface area (Å²) in [6.07, 6.45) is 2.38. The van der Waals surface area contributed by atoms with E-state index in [1.807, 2.05) is 6.07 Å². The van der Waals surface area contributed by atoms with E-state index in [1.165, 1.54) is 16.7 Å². The fourth-order valence-electron chi connectivity index (χ4n) is 3.64. The molecule has 0 radical (unpaired) electrons. The highest BCUT2D eigenvalue weighted by Crippen LogP contribution is 2.46. The van der Waals surface area contributed by atoms with Gasteiger partial charge in [-0.25, -0.2) is 0 Å². The van der Waals surface area contributed by atoms with E-state index in [4.69, 9.17) is 4.74 Å². The molecule has 0 N–H and O–H groups in total. The third kappa shape index (κ3) is 2.39. The number of rotatable bonds is 1. The van der Waals surface area contributed by atoms with Crippen molar-refractivity contribution in [3.8, 4) is 5.75 Å². The maximum absolute atomic E-state index is 12.6. The number of allylic oxidation sites excluding steroid dienone is 2. The van der Waals surface area contributed by atoms with Gasteiger partial charge in [-0.1, -0.05) is 47.5 Å². The second kappa shape index (κ2) is 5.38. The lowest BCUT2D eigenvalue weighted by Crippen LogP contribution is -2.25. The van der Waals surface area contributed by atoms with E-state index < -0.39 is 0 Å². The Balaban J connectivity index is 1.94. The number of benzene rings is 2. The van der Waals surface area contributed by atoms with Crippen molar-refractivity contribution in [3.05, 3.63) is 76.1 Å². The summed E-state index contributed by atoms with van der Waals surface area (Å²) in [4.78, 5) is 12.6. The number of ketones is 1. The van der Waals surface area contributed by atoms with Crippen LogP contribution in [0, 0.1) is 13.8 Å². The van der Waals surface area contributed by atoms with Crippen LogP contribution in [0.1, 0.15) is 47.4 Å². The monoisotopic (exact) mass is 304 g/mol. The normalized spacial score (nSPS) is 19.9. The molecule has 0 spiro atoms. The number of carbonyl (C=O) groups excluding carboxylic acids is 1. The molecule has 116 valence electrons. The maximum Gasteiger partial charge on any atom is 0.163 e. The smallest absolute Gasteiger partial charge is 0.163 e. The Morgan fingerprint density at radius 2 is 1.70 bits per heavy atom. The summed E-state index contributed by atoms with van der Waals surface area (Å²) in [6, 6.07) is 14.8. The minimum atomic E-state index is 0.00190. The van der Waals surface area contributed by atoms with Crippen LogP contribution in [0.5, 0.6) is 5.75 Å². The molecule has 0 bridgehead atoms. The molecule has 0 aromatic heterocycles. The molecule has 1 aliphatic carbocycles. The lowest BCUT2D eigenvalue weighted by molar-refractivity contribution is -0.116. The highest BCUT2D eigenvalue weighted by molar-refractivity contribution is 5.99. The average Bonchev–Trinajstić information content (AvgIpc) is 2.54. The van der Waals surface area contributed by atoms with Gasteiger partial charge in [0.2, 0.25) is 0 Å². The van der Waals surface area contributed by atoms with Gasteiger partial charge in [0.1, 0.15) is 11.5 Å². The van der Waals surface area contributed by atoms with Crippen LogP contribution in [-0.2, 0) is 4.79 Å². The third-order valence-electron chi connectivity index (χ3n) is 4.82. The van der Waals surface area contributed by atoms with E-state index in [0.29, 0.717) is 6.42 Å². The maximum atomic E-state index is 12.6. The van der Waals surface area contributed by atoms with Crippen molar-refractivity contribution in [1.29, 1.82) is 0 Å². The van der Waals surface area contributed by atoms with Crippen molar-refractivity contribution in [2.24, 2.45) is 0 Å². The average molecular weight is 304 g/mol.